The van der Waals surface area contributed by atoms with E-state index in [2.05, 4.69) is 10.1 Å². The lowest BCUT2D eigenvalue weighted by molar-refractivity contribution is 0.0964. The summed E-state index contributed by atoms with van der Waals surface area (Å²) >= 11 is 0. The number of aromatic nitrogens is 4. The van der Waals surface area contributed by atoms with Crippen LogP contribution in [-0.4, -0.2) is 19.3 Å². The van der Waals surface area contributed by atoms with E-state index in [1.54, 1.807) is 10.6 Å². The van der Waals surface area contributed by atoms with E-state index in [-0.39, 0.29) is 12.2 Å². The molecule has 4 rings (SSSR count). The monoisotopic (exact) mass is 292 g/mol. The SMILES string of the molecule is O=c1c2ccccc2n2ncnc2n1OCc1ccccc1. The molecule has 0 aliphatic rings. The van der Waals surface area contributed by atoms with Crippen molar-refractivity contribution in [2.75, 3.05) is 0 Å². The average Bonchev–Trinajstić information content (AvgIpc) is 3.05. The molecule has 0 amide bonds. The van der Waals surface area contributed by atoms with Gasteiger partial charge in [0.25, 0.3) is 11.3 Å². The summed E-state index contributed by atoms with van der Waals surface area (Å²) in [5.41, 5.74) is 1.44. The minimum absolute atomic E-state index is 0.243. The smallest absolute Gasteiger partial charge is 0.296 e. The molecule has 2 aromatic carbocycles. The summed E-state index contributed by atoms with van der Waals surface area (Å²) in [4.78, 5) is 22.4. The Morgan fingerprint density at radius 3 is 2.64 bits per heavy atom. The number of rotatable bonds is 3. The van der Waals surface area contributed by atoms with Crippen molar-refractivity contribution in [2.45, 2.75) is 6.61 Å². The summed E-state index contributed by atoms with van der Waals surface area (Å²) in [7, 11) is 0. The second kappa shape index (κ2) is 5.00. The molecule has 6 heteroatoms. The number of nitrogens with zero attached hydrogens (tertiary/aromatic N) is 4. The summed E-state index contributed by atoms with van der Waals surface area (Å²) in [6, 6.07) is 16.9. The Balaban J connectivity index is 1.87. The first-order valence-electron chi connectivity index (χ1n) is 6.85. The number of hydrogen-bond acceptors (Lipinski definition) is 4. The third-order valence-corrected chi connectivity index (χ3v) is 3.46. The topological polar surface area (TPSA) is 61.4 Å². The van der Waals surface area contributed by atoms with Crippen LogP contribution in [0.5, 0.6) is 0 Å². The minimum atomic E-state index is -0.243. The molecule has 108 valence electrons. The normalized spacial score (nSPS) is 11.1. The van der Waals surface area contributed by atoms with Crippen molar-refractivity contribution in [2.24, 2.45) is 0 Å². The summed E-state index contributed by atoms with van der Waals surface area (Å²) in [6.45, 7) is 0.279. The Morgan fingerprint density at radius 2 is 1.77 bits per heavy atom. The molecule has 0 fully saturated rings. The highest BCUT2D eigenvalue weighted by atomic mass is 16.7. The average molecular weight is 292 g/mol. The molecular weight excluding hydrogens is 280 g/mol. The first kappa shape index (κ1) is 12.6. The lowest BCUT2D eigenvalue weighted by atomic mass is 10.2. The highest BCUT2D eigenvalue weighted by molar-refractivity contribution is 5.79. The summed E-state index contributed by atoms with van der Waals surface area (Å²) < 4.78 is 2.80. The van der Waals surface area contributed by atoms with E-state index in [4.69, 9.17) is 4.84 Å². The minimum Gasteiger partial charge on any atom is -0.402 e. The van der Waals surface area contributed by atoms with Gasteiger partial charge in [0.1, 0.15) is 12.9 Å². The Hall–Kier alpha value is -3.15. The van der Waals surface area contributed by atoms with E-state index in [9.17, 15) is 4.79 Å². The second-order valence-corrected chi connectivity index (χ2v) is 4.85. The molecule has 0 aliphatic heterocycles. The van der Waals surface area contributed by atoms with Gasteiger partial charge in [-0.2, -0.15) is 14.6 Å². The molecule has 0 unspecified atom stereocenters. The summed E-state index contributed by atoms with van der Waals surface area (Å²) in [5.74, 6) is 0.361. The van der Waals surface area contributed by atoms with E-state index in [1.165, 1.54) is 11.1 Å². The van der Waals surface area contributed by atoms with E-state index in [1.807, 2.05) is 48.5 Å². The maximum absolute atomic E-state index is 12.6. The van der Waals surface area contributed by atoms with Crippen LogP contribution in [0.25, 0.3) is 16.7 Å². The number of hydrogen-bond donors (Lipinski definition) is 0. The Bertz CT molecular complexity index is 1000. The summed E-state index contributed by atoms with van der Waals surface area (Å²) in [5, 5.41) is 4.71. The second-order valence-electron chi connectivity index (χ2n) is 4.85. The third-order valence-electron chi connectivity index (χ3n) is 3.46. The van der Waals surface area contributed by atoms with E-state index < -0.39 is 0 Å². The molecule has 0 atom stereocenters. The van der Waals surface area contributed by atoms with Gasteiger partial charge in [-0.1, -0.05) is 42.5 Å². The highest BCUT2D eigenvalue weighted by Crippen LogP contribution is 2.10. The van der Waals surface area contributed by atoms with Gasteiger partial charge in [-0.25, -0.2) is 0 Å². The van der Waals surface area contributed by atoms with Crippen molar-refractivity contribution in [3.63, 3.8) is 0 Å². The van der Waals surface area contributed by atoms with Crippen LogP contribution >= 0.6 is 0 Å². The van der Waals surface area contributed by atoms with Crippen LogP contribution in [0.1, 0.15) is 5.56 Å². The van der Waals surface area contributed by atoms with Crippen molar-refractivity contribution >= 4 is 16.7 Å². The van der Waals surface area contributed by atoms with E-state index >= 15 is 0 Å². The molecule has 2 heterocycles. The fraction of sp³-hybridized carbons (Fsp3) is 0.0625. The number of benzene rings is 2. The molecule has 0 bridgehead atoms. The zero-order valence-electron chi connectivity index (χ0n) is 11.6. The molecule has 0 aliphatic carbocycles. The fourth-order valence-electron chi connectivity index (χ4n) is 2.41. The summed E-state index contributed by atoms with van der Waals surface area (Å²) in [6.07, 6.45) is 1.41. The van der Waals surface area contributed by atoms with Crippen LogP contribution in [0.15, 0.2) is 65.7 Å². The van der Waals surface area contributed by atoms with Crippen LogP contribution in [0.2, 0.25) is 0 Å². The third kappa shape index (κ3) is 1.93. The van der Waals surface area contributed by atoms with Crippen molar-refractivity contribution in [1.82, 2.24) is 19.3 Å². The molecule has 0 saturated heterocycles. The largest absolute Gasteiger partial charge is 0.402 e. The predicted molar refractivity (Wildman–Crippen MR) is 81.5 cm³/mol. The highest BCUT2D eigenvalue weighted by Gasteiger charge is 2.13. The van der Waals surface area contributed by atoms with Crippen LogP contribution < -0.4 is 10.4 Å². The molecular formula is C16H12N4O2. The molecule has 0 N–H and O–H groups in total. The van der Waals surface area contributed by atoms with Gasteiger partial charge in [0.15, 0.2) is 0 Å². The van der Waals surface area contributed by atoms with Gasteiger partial charge in [0, 0.05) is 0 Å². The van der Waals surface area contributed by atoms with Gasteiger partial charge in [0.05, 0.1) is 10.9 Å². The maximum atomic E-state index is 12.6. The van der Waals surface area contributed by atoms with Crippen LogP contribution in [-0.2, 0) is 6.61 Å². The van der Waals surface area contributed by atoms with Crippen LogP contribution in [0.4, 0.5) is 0 Å². The van der Waals surface area contributed by atoms with Gasteiger partial charge in [-0.05, 0) is 17.7 Å². The molecule has 4 aromatic rings. The van der Waals surface area contributed by atoms with Crippen molar-refractivity contribution in [3.8, 4) is 0 Å². The molecule has 0 spiro atoms. The Kier molecular flexibility index (Phi) is 2.86. The first-order chi connectivity index (χ1) is 10.8. The predicted octanol–water partition coefficient (Wildman–Crippen LogP) is 1.67. The van der Waals surface area contributed by atoms with Gasteiger partial charge >= 0.3 is 0 Å². The number of fused-ring (bicyclic) bond motifs is 3. The molecule has 22 heavy (non-hydrogen) atoms. The van der Waals surface area contributed by atoms with Crippen LogP contribution in [0.3, 0.4) is 0 Å². The lowest BCUT2D eigenvalue weighted by Crippen LogP contribution is -2.29. The first-order valence-corrected chi connectivity index (χ1v) is 6.85. The molecule has 0 radical (unpaired) electrons. The Labute approximate surface area is 125 Å². The van der Waals surface area contributed by atoms with Crippen molar-refractivity contribution < 1.29 is 4.84 Å². The maximum Gasteiger partial charge on any atom is 0.296 e. The van der Waals surface area contributed by atoms with Gasteiger partial charge < -0.3 is 4.84 Å². The quantitative estimate of drug-likeness (QED) is 0.576. The zero-order valence-corrected chi connectivity index (χ0v) is 11.6. The van der Waals surface area contributed by atoms with Crippen molar-refractivity contribution in [3.05, 3.63) is 76.8 Å². The molecule has 2 aromatic heterocycles. The van der Waals surface area contributed by atoms with Crippen LogP contribution in [0, 0.1) is 0 Å². The van der Waals surface area contributed by atoms with E-state index in [0.29, 0.717) is 16.7 Å². The van der Waals surface area contributed by atoms with Gasteiger partial charge in [-0.3, -0.25) is 4.79 Å². The zero-order chi connectivity index (χ0) is 14.9. The van der Waals surface area contributed by atoms with E-state index in [0.717, 1.165) is 5.56 Å². The Morgan fingerprint density at radius 1 is 1.00 bits per heavy atom. The standard InChI is InChI=1S/C16H12N4O2/c21-15-13-8-4-5-9-14(13)19-16(17-11-18-19)20(15)22-10-12-6-2-1-3-7-12/h1-9,11H,10H2. The molecule has 6 nitrogen and oxygen atoms in total. The fourth-order valence-corrected chi connectivity index (χ4v) is 2.41. The molecule has 0 saturated carbocycles. The lowest BCUT2D eigenvalue weighted by Gasteiger charge is -2.10. The van der Waals surface area contributed by atoms with Gasteiger partial charge in [0.2, 0.25) is 0 Å². The number of para-hydroxylation sites is 1. The van der Waals surface area contributed by atoms with Gasteiger partial charge in [-0.15, -0.1) is 4.73 Å². The van der Waals surface area contributed by atoms with Crippen molar-refractivity contribution in [1.29, 1.82) is 0 Å².